The van der Waals surface area contributed by atoms with Gasteiger partial charge < -0.3 is 11.1 Å². The third-order valence-electron chi connectivity index (χ3n) is 3.32. The predicted molar refractivity (Wildman–Crippen MR) is 58.4 cm³/mol. The molecule has 0 aliphatic heterocycles. The van der Waals surface area contributed by atoms with Crippen LogP contribution in [-0.4, -0.2) is 30.8 Å². The number of alkyl halides is 4. The number of rotatable bonds is 4. The van der Waals surface area contributed by atoms with E-state index < -0.39 is 30.7 Å². The second-order valence-electron chi connectivity index (χ2n) is 4.97. The van der Waals surface area contributed by atoms with Crippen LogP contribution in [0.3, 0.4) is 0 Å². The fraction of sp³-hybridized carbons (Fsp3) is 0.909. The van der Waals surface area contributed by atoms with E-state index in [1.54, 1.807) is 0 Å². The molecule has 1 fully saturated rings. The van der Waals surface area contributed by atoms with E-state index in [1.807, 2.05) is 12.2 Å². The molecule has 1 aliphatic carbocycles. The van der Waals surface area contributed by atoms with Gasteiger partial charge in [0.05, 0.1) is 12.5 Å². The van der Waals surface area contributed by atoms with E-state index in [1.165, 1.54) is 0 Å². The van der Waals surface area contributed by atoms with Crippen LogP contribution in [0.1, 0.15) is 26.2 Å². The third kappa shape index (κ3) is 3.83. The first kappa shape index (κ1) is 15.2. The SMILES string of the molecule is CC1CCC(N)C(C(=O)NCC(F)(F)C(F)F)C1. The highest BCUT2D eigenvalue weighted by molar-refractivity contribution is 5.79. The molecule has 1 saturated carbocycles. The van der Waals surface area contributed by atoms with Crippen molar-refractivity contribution in [1.82, 2.24) is 5.32 Å². The van der Waals surface area contributed by atoms with Gasteiger partial charge in [0.25, 0.3) is 0 Å². The standard InChI is InChI=1S/C11H18F4N2O/c1-6-2-3-8(16)7(4-6)9(18)17-5-11(14,15)10(12)13/h6-8,10H,2-5,16H2,1H3,(H,17,18). The third-order valence-corrected chi connectivity index (χ3v) is 3.32. The van der Waals surface area contributed by atoms with Crippen molar-refractivity contribution in [2.45, 2.75) is 44.6 Å². The number of hydrogen-bond acceptors (Lipinski definition) is 2. The van der Waals surface area contributed by atoms with Crippen molar-refractivity contribution in [3.63, 3.8) is 0 Å². The maximum absolute atomic E-state index is 12.7. The molecule has 3 unspecified atom stereocenters. The van der Waals surface area contributed by atoms with E-state index in [0.717, 1.165) is 6.42 Å². The molecule has 3 nitrogen and oxygen atoms in total. The number of amides is 1. The maximum Gasteiger partial charge on any atom is 0.324 e. The van der Waals surface area contributed by atoms with Gasteiger partial charge in [0.2, 0.25) is 5.91 Å². The molecule has 3 atom stereocenters. The highest BCUT2D eigenvalue weighted by atomic mass is 19.3. The minimum Gasteiger partial charge on any atom is -0.350 e. The topological polar surface area (TPSA) is 55.1 Å². The lowest BCUT2D eigenvalue weighted by molar-refractivity contribution is -0.140. The summed E-state index contributed by atoms with van der Waals surface area (Å²) in [6, 6.07) is -0.388. The van der Waals surface area contributed by atoms with Gasteiger partial charge in [-0.05, 0) is 25.2 Å². The average Bonchev–Trinajstić information content (AvgIpc) is 2.29. The Hall–Kier alpha value is -0.850. The lowest BCUT2D eigenvalue weighted by atomic mass is 9.79. The fourth-order valence-electron chi connectivity index (χ4n) is 2.12. The van der Waals surface area contributed by atoms with Gasteiger partial charge in [0.15, 0.2) is 0 Å². The van der Waals surface area contributed by atoms with Crippen molar-refractivity contribution in [1.29, 1.82) is 0 Å². The molecule has 0 spiro atoms. The van der Waals surface area contributed by atoms with Gasteiger partial charge >= 0.3 is 12.3 Å². The Balaban J connectivity index is 2.50. The van der Waals surface area contributed by atoms with Crippen LogP contribution in [0, 0.1) is 11.8 Å². The van der Waals surface area contributed by atoms with Gasteiger partial charge in [-0.3, -0.25) is 4.79 Å². The number of carbonyl (C=O) groups excluding carboxylic acids is 1. The molecule has 106 valence electrons. The van der Waals surface area contributed by atoms with Crippen molar-refractivity contribution >= 4 is 5.91 Å². The summed E-state index contributed by atoms with van der Waals surface area (Å²) in [5, 5.41) is 1.88. The Morgan fingerprint density at radius 1 is 1.44 bits per heavy atom. The van der Waals surface area contributed by atoms with Crippen LogP contribution in [0.15, 0.2) is 0 Å². The van der Waals surface area contributed by atoms with Gasteiger partial charge in [-0.2, -0.15) is 8.78 Å². The van der Waals surface area contributed by atoms with E-state index in [9.17, 15) is 22.4 Å². The lowest BCUT2D eigenvalue weighted by Crippen LogP contribution is -2.49. The number of carbonyl (C=O) groups is 1. The van der Waals surface area contributed by atoms with Crippen LogP contribution in [0.25, 0.3) is 0 Å². The molecule has 1 rings (SSSR count). The minimum absolute atomic E-state index is 0.288. The first-order valence-electron chi connectivity index (χ1n) is 5.93. The monoisotopic (exact) mass is 270 g/mol. The highest BCUT2D eigenvalue weighted by Gasteiger charge is 2.42. The van der Waals surface area contributed by atoms with E-state index in [4.69, 9.17) is 5.73 Å². The second-order valence-corrected chi connectivity index (χ2v) is 4.97. The highest BCUT2D eigenvalue weighted by Crippen LogP contribution is 2.28. The number of nitrogens with two attached hydrogens (primary N) is 1. The van der Waals surface area contributed by atoms with E-state index in [0.29, 0.717) is 12.8 Å². The zero-order valence-electron chi connectivity index (χ0n) is 10.1. The Morgan fingerprint density at radius 3 is 2.61 bits per heavy atom. The summed E-state index contributed by atoms with van der Waals surface area (Å²) in [5.74, 6) is -5.13. The van der Waals surface area contributed by atoms with Gasteiger partial charge in [0, 0.05) is 6.04 Å². The van der Waals surface area contributed by atoms with E-state index >= 15 is 0 Å². The molecule has 0 aromatic rings. The summed E-state index contributed by atoms with van der Waals surface area (Å²) in [7, 11) is 0. The van der Waals surface area contributed by atoms with Gasteiger partial charge in [-0.15, -0.1) is 0 Å². The molecule has 3 N–H and O–H groups in total. The molecule has 0 saturated heterocycles. The molecule has 1 aliphatic rings. The summed E-state index contributed by atoms with van der Waals surface area (Å²) < 4.78 is 49.1. The molecule has 7 heteroatoms. The summed E-state index contributed by atoms with van der Waals surface area (Å²) in [5.41, 5.74) is 5.74. The Labute approximate surface area is 103 Å². The molecular formula is C11H18F4N2O. The lowest BCUT2D eigenvalue weighted by Gasteiger charge is -2.31. The minimum atomic E-state index is -4.19. The molecule has 0 aromatic carbocycles. The van der Waals surface area contributed by atoms with Crippen LogP contribution < -0.4 is 11.1 Å². The second kappa shape index (κ2) is 5.86. The Bertz CT molecular complexity index is 299. The van der Waals surface area contributed by atoms with E-state index in [2.05, 4.69) is 0 Å². The number of nitrogens with one attached hydrogen (secondary N) is 1. The normalized spacial score (nSPS) is 29.4. The summed E-state index contributed by atoms with van der Waals surface area (Å²) >= 11 is 0. The summed E-state index contributed by atoms with van der Waals surface area (Å²) in [6.45, 7) is 0.598. The number of halogens is 4. The fourth-order valence-corrected chi connectivity index (χ4v) is 2.12. The quantitative estimate of drug-likeness (QED) is 0.765. The van der Waals surface area contributed by atoms with Crippen molar-refractivity contribution in [2.75, 3.05) is 6.54 Å². The summed E-state index contributed by atoms with van der Waals surface area (Å²) in [4.78, 5) is 11.7. The molecule has 18 heavy (non-hydrogen) atoms. The largest absolute Gasteiger partial charge is 0.350 e. The molecule has 0 radical (unpaired) electrons. The van der Waals surface area contributed by atoms with Crippen molar-refractivity contribution in [2.24, 2.45) is 17.6 Å². The van der Waals surface area contributed by atoms with Gasteiger partial charge in [-0.1, -0.05) is 6.92 Å². The average molecular weight is 270 g/mol. The van der Waals surface area contributed by atoms with Crippen LogP contribution in [0.5, 0.6) is 0 Å². The van der Waals surface area contributed by atoms with Crippen LogP contribution in [0.2, 0.25) is 0 Å². The maximum atomic E-state index is 12.7. The molecular weight excluding hydrogens is 252 g/mol. The molecule has 0 bridgehead atoms. The molecule has 1 amide bonds. The van der Waals surface area contributed by atoms with Crippen LogP contribution in [0.4, 0.5) is 17.6 Å². The van der Waals surface area contributed by atoms with Crippen molar-refractivity contribution < 1.29 is 22.4 Å². The van der Waals surface area contributed by atoms with Gasteiger partial charge in [-0.25, -0.2) is 8.78 Å². The molecule has 0 aromatic heterocycles. The Morgan fingerprint density at radius 2 is 2.06 bits per heavy atom. The summed E-state index contributed by atoms with van der Waals surface area (Å²) in [6.07, 6.45) is -1.74. The zero-order chi connectivity index (χ0) is 13.9. The van der Waals surface area contributed by atoms with Crippen LogP contribution >= 0.6 is 0 Å². The zero-order valence-corrected chi connectivity index (χ0v) is 10.1. The van der Waals surface area contributed by atoms with Crippen LogP contribution in [-0.2, 0) is 4.79 Å². The van der Waals surface area contributed by atoms with E-state index in [-0.39, 0.29) is 12.0 Å². The smallest absolute Gasteiger partial charge is 0.324 e. The number of hydrogen-bond donors (Lipinski definition) is 2. The van der Waals surface area contributed by atoms with Crippen molar-refractivity contribution in [3.8, 4) is 0 Å². The Kier molecular flexibility index (Phi) is 4.95. The van der Waals surface area contributed by atoms with Crippen molar-refractivity contribution in [3.05, 3.63) is 0 Å². The van der Waals surface area contributed by atoms with Gasteiger partial charge in [0.1, 0.15) is 0 Å². The first-order valence-corrected chi connectivity index (χ1v) is 5.93. The predicted octanol–water partition coefficient (Wildman–Crippen LogP) is 1.77. The molecule has 0 heterocycles. The first-order chi connectivity index (χ1) is 8.24.